The molecule has 148 valence electrons. The van der Waals surface area contributed by atoms with E-state index in [0.717, 1.165) is 16.5 Å². The number of pyridine rings is 1. The number of carbonyl (C=O) groups is 2. The molecule has 2 aromatic heterocycles. The standard InChI is InChI=1S/C20H18N4O3S2/c1-3-27-18(26)8-15-10-29-20(22-15)24-17(25)11-28-19-14(9-21)7-13-6-12(2)4-5-16(13)23-19/h4-7,10H,3,8,11H2,1-2H3,(H,22,24,25). The lowest BCUT2D eigenvalue weighted by atomic mass is 10.1. The summed E-state index contributed by atoms with van der Waals surface area (Å²) in [6, 6.07) is 9.76. The molecule has 2 heterocycles. The summed E-state index contributed by atoms with van der Waals surface area (Å²) in [6.45, 7) is 4.04. The molecule has 29 heavy (non-hydrogen) atoms. The number of nitrogens with zero attached hydrogens (tertiary/aromatic N) is 3. The SMILES string of the molecule is CCOC(=O)Cc1csc(NC(=O)CSc2nc3ccc(C)cc3cc2C#N)n1. The second kappa shape index (κ2) is 9.49. The number of aromatic nitrogens is 2. The Kier molecular flexibility index (Phi) is 6.80. The maximum Gasteiger partial charge on any atom is 0.311 e. The van der Waals surface area contributed by atoms with Gasteiger partial charge in [-0.3, -0.25) is 9.59 Å². The molecule has 1 amide bonds. The van der Waals surface area contributed by atoms with E-state index in [1.54, 1.807) is 18.4 Å². The maximum absolute atomic E-state index is 12.3. The topological polar surface area (TPSA) is 105 Å². The van der Waals surface area contributed by atoms with E-state index in [9.17, 15) is 14.9 Å². The minimum atomic E-state index is -0.354. The van der Waals surface area contributed by atoms with Crippen molar-refractivity contribution in [3.63, 3.8) is 0 Å². The molecular weight excluding hydrogens is 408 g/mol. The van der Waals surface area contributed by atoms with Crippen LogP contribution in [0.3, 0.4) is 0 Å². The van der Waals surface area contributed by atoms with Crippen LogP contribution in [0.4, 0.5) is 5.13 Å². The first kappa shape index (κ1) is 20.8. The van der Waals surface area contributed by atoms with E-state index in [-0.39, 0.29) is 24.1 Å². The number of amides is 1. The quantitative estimate of drug-likeness (QED) is 0.453. The van der Waals surface area contributed by atoms with Crippen molar-refractivity contribution in [3.8, 4) is 6.07 Å². The van der Waals surface area contributed by atoms with E-state index in [1.807, 2.05) is 25.1 Å². The summed E-state index contributed by atoms with van der Waals surface area (Å²) in [6.07, 6.45) is 0.0704. The number of carbonyl (C=O) groups excluding carboxylic acids is 2. The number of benzene rings is 1. The molecule has 0 atom stereocenters. The van der Waals surface area contributed by atoms with Crippen LogP contribution in [-0.2, 0) is 20.7 Å². The summed E-state index contributed by atoms with van der Waals surface area (Å²) in [5, 5.41) is 15.6. The Morgan fingerprint density at radius 3 is 2.90 bits per heavy atom. The van der Waals surface area contributed by atoms with Crippen LogP contribution in [0.15, 0.2) is 34.7 Å². The van der Waals surface area contributed by atoms with E-state index >= 15 is 0 Å². The first-order valence-electron chi connectivity index (χ1n) is 8.82. The number of thioether (sulfide) groups is 1. The summed E-state index contributed by atoms with van der Waals surface area (Å²) in [5.74, 6) is -0.527. The smallest absolute Gasteiger partial charge is 0.311 e. The number of aryl methyl sites for hydroxylation is 1. The van der Waals surface area contributed by atoms with E-state index < -0.39 is 0 Å². The highest BCUT2D eigenvalue weighted by Crippen LogP contribution is 2.25. The van der Waals surface area contributed by atoms with Crippen molar-refractivity contribution in [1.82, 2.24) is 9.97 Å². The molecule has 0 fully saturated rings. The van der Waals surface area contributed by atoms with Crippen molar-refractivity contribution in [3.05, 3.63) is 46.5 Å². The molecule has 0 radical (unpaired) electrons. The Bertz CT molecular complexity index is 1100. The Morgan fingerprint density at radius 1 is 1.31 bits per heavy atom. The fourth-order valence-electron chi connectivity index (χ4n) is 2.56. The van der Waals surface area contributed by atoms with E-state index in [0.29, 0.717) is 28.0 Å². The number of thiazole rings is 1. The van der Waals surface area contributed by atoms with E-state index in [1.165, 1.54) is 23.1 Å². The van der Waals surface area contributed by atoms with Crippen molar-refractivity contribution < 1.29 is 14.3 Å². The lowest BCUT2D eigenvalue weighted by molar-refractivity contribution is -0.142. The van der Waals surface area contributed by atoms with Crippen LogP contribution < -0.4 is 5.32 Å². The van der Waals surface area contributed by atoms with Crippen molar-refractivity contribution in [2.45, 2.75) is 25.3 Å². The van der Waals surface area contributed by atoms with Gasteiger partial charge in [0.25, 0.3) is 0 Å². The monoisotopic (exact) mass is 426 g/mol. The minimum absolute atomic E-state index is 0.0704. The third-order valence-corrected chi connectivity index (χ3v) is 5.62. The van der Waals surface area contributed by atoms with Gasteiger partial charge >= 0.3 is 5.97 Å². The fraction of sp³-hybridized carbons (Fsp3) is 0.250. The van der Waals surface area contributed by atoms with Gasteiger partial charge in [0.15, 0.2) is 5.13 Å². The number of anilines is 1. The van der Waals surface area contributed by atoms with Gasteiger partial charge in [-0.05, 0) is 32.0 Å². The normalized spacial score (nSPS) is 10.5. The molecule has 0 spiro atoms. The average Bonchev–Trinajstić information content (AvgIpc) is 3.12. The van der Waals surface area contributed by atoms with Crippen LogP contribution in [0.5, 0.6) is 0 Å². The Hall–Kier alpha value is -2.96. The van der Waals surface area contributed by atoms with Gasteiger partial charge in [0.1, 0.15) is 11.1 Å². The van der Waals surface area contributed by atoms with Crippen LogP contribution in [0.1, 0.15) is 23.7 Å². The predicted octanol–water partition coefficient (Wildman–Crippen LogP) is 3.71. The Labute approximate surface area is 176 Å². The van der Waals surface area contributed by atoms with Gasteiger partial charge in [-0.25, -0.2) is 9.97 Å². The highest BCUT2D eigenvalue weighted by Gasteiger charge is 2.13. The zero-order valence-electron chi connectivity index (χ0n) is 15.9. The second-order valence-corrected chi connectivity index (χ2v) is 7.93. The molecular formula is C20H18N4O3S2. The number of fused-ring (bicyclic) bond motifs is 1. The average molecular weight is 427 g/mol. The van der Waals surface area contributed by atoms with Crippen LogP contribution in [0, 0.1) is 18.3 Å². The first-order valence-corrected chi connectivity index (χ1v) is 10.7. The third-order valence-electron chi connectivity index (χ3n) is 3.82. The van der Waals surface area contributed by atoms with Gasteiger partial charge in [-0.2, -0.15) is 5.26 Å². The lowest BCUT2D eigenvalue weighted by Crippen LogP contribution is -2.14. The summed E-state index contributed by atoms with van der Waals surface area (Å²) < 4.78 is 4.88. The van der Waals surface area contributed by atoms with E-state index in [2.05, 4.69) is 21.4 Å². The van der Waals surface area contributed by atoms with Crippen molar-refractivity contribution >= 4 is 51.0 Å². The number of hydrogen-bond donors (Lipinski definition) is 1. The molecule has 0 aliphatic rings. The molecule has 0 aliphatic carbocycles. The molecule has 3 rings (SSSR count). The van der Waals surface area contributed by atoms with Gasteiger partial charge in [0, 0.05) is 10.8 Å². The first-order chi connectivity index (χ1) is 14.0. The van der Waals surface area contributed by atoms with Crippen molar-refractivity contribution in [2.75, 3.05) is 17.7 Å². The molecule has 3 aromatic rings. The second-order valence-electron chi connectivity index (χ2n) is 6.11. The highest BCUT2D eigenvalue weighted by molar-refractivity contribution is 8.00. The largest absolute Gasteiger partial charge is 0.466 e. The van der Waals surface area contributed by atoms with Gasteiger partial charge < -0.3 is 10.1 Å². The molecule has 0 bridgehead atoms. The van der Waals surface area contributed by atoms with Crippen LogP contribution in [0.2, 0.25) is 0 Å². The fourth-order valence-corrected chi connectivity index (χ4v) is 4.05. The summed E-state index contributed by atoms with van der Waals surface area (Å²) in [7, 11) is 0. The van der Waals surface area contributed by atoms with Crippen LogP contribution in [-0.4, -0.2) is 34.2 Å². The number of nitrogens with one attached hydrogen (secondary N) is 1. The van der Waals surface area contributed by atoms with Gasteiger partial charge in [-0.1, -0.05) is 23.4 Å². The van der Waals surface area contributed by atoms with Gasteiger partial charge in [0.05, 0.1) is 35.6 Å². The summed E-state index contributed by atoms with van der Waals surface area (Å²) in [5.41, 5.74) is 2.86. The molecule has 9 heteroatoms. The van der Waals surface area contributed by atoms with Crippen molar-refractivity contribution in [2.24, 2.45) is 0 Å². The van der Waals surface area contributed by atoms with Crippen LogP contribution in [0.25, 0.3) is 10.9 Å². The molecule has 0 unspecified atom stereocenters. The third kappa shape index (κ3) is 5.53. The maximum atomic E-state index is 12.3. The summed E-state index contributed by atoms with van der Waals surface area (Å²) >= 11 is 2.44. The number of esters is 1. The zero-order chi connectivity index (χ0) is 20.8. The highest BCUT2D eigenvalue weighted by atomic mass is 32.2. The van der Waals surface area contributed by atoms with E-state index in [4.69, 9.17) is 4.74 Å². The zero-order valence-corrected chi connectivity index (χ0v) is 17.5. The molecule has 1 N–H and O–H groups in total. The predicted molar refractivity (Wildman–Crippen MR) is 113 cm³/mol. The summed E-state index contributed by atoms with van der Waals surface area (Å²) in [4.78, 5) is 32.5. The molecule has 1 aromatic carbocycles. The van der Waals surface area contributed by atoms with Gasteiger partial charge in [0.2, 0.25) is 5.91 Å². The van der Waals surface area contributed by atoms with Crippen molar-refractivity contribution in [1.29, 1.82) is 5.26 Å². The molecule has 7 nitrogen and oxygen atoms in total. The Balaban J connectivity index is 1.62. The lowest BCUT2D eigenvalue weighted by Gasteiger charge is -2.06. The van der Waals surface area contributed by atoms with Gasteiger partial charge in [-0.15, -0.1) is 11.3 Å². The molecule has 0 saturated heterocycles. The number of rotatable bonds is 7. The number of nitriles is 1. The molecule has 0 aliphatic heterocycles. The van der Waals surface area contributed by atoms with Crippen LogP contribution >= 0.6 is 23.1 Å². The number of ether oxygens (including phenoxy) is 1. The number of hydrogen-bond acceptors (Lipinski definition) is 8. The molecule has 0 saturated carbocycles. The Morgan fingerprint density at radius 2 is 2.14 bits per heavy atom. The minimum Gasteiger partial charge on any atom is -0.466 e.